The van der Waals surface area contributed by atoms with Gasteiger partial charge in [-0.3, -0.25) is 0 Å². The van der Waals surface area contributed by atoms with E-state index in [1.54, 1.807) is 12.1 Å². The Labute approximate surface area is 124 Å². The number of rotatable bonds is 1. The lowest BCUT2D eigenvalue weighted by atomic mass is 10.0. The smallest absolute Gasteiger partial charge is 0.337 e. The minimum absolute atomic E-state index is 0.277. The number of hydrogen-bond donors (Lipinski definition) is 1. The number of carbonyl (C=O) groups excluding carboxylic acids is 1. The van der Waals surface area contributed by atoms with E-state index in [9.17, 15) is 9.90 Å². The molecule has 3 rings (SSSR count). The summed E-state index contributed by atoms with van der Waals surface area (Å²) >= 11 is 3.50. The number of halogens is 1. The van der Waals surface area contributed by atoms with Gasteiger partial charge in [-0.1, -0.05) is 0 Å². The van der Waals surface area contributed by atoms with Gasteiger partial charge in [-0.25, -0.2) is 9.78 Å². The number of hydrogen-bond acceptors (Lipinski definition) is 4. The van der Waals surface area contributed by atoms with Crippen molar-refractivity contribution in [3.8, 4) is 0 Å². The molecule has 0 radical (unpaired) electrons. The zero-order valence-electron chi connectivity index (χ0n) is 11.3. The maximum Gasteiger partial charge on any atom is 0.337 e. The third-order valence-corrected chi connectivity index (χ3v) is 4.39. The number of aliphatic hydroxyl groups is 1. The van der Waals surface area contributed by atoms with Crippen molar-refractivity contribution in [3.05, 3.63) is 28.0 Å². The van der Waals surface area contributed by atoms with E-state index in [2.05, 4.69) is 32.4 Å². The van der Waals surface area contributed by atoms with Gasteiger partial charge in [0, 0.05) is 10.5 Å². The van der Waals surface area contributed by atoms with E-state index in [-0.39, 0.29) is 6.04 Å². The van der Waals surface area contributed by atoms with Gasteiger partial charge in [0.15, 0.2) is 0 Å². The molecule has 106 valence electrons. The second-order valence-electron chi connectivity index (χ2n) is 5.10. The van der Waals surface area contributed by atoms with Gasteiger partial charge in [-0.15, -0.1) is 0 Å². The summed E-state index contributed by atoms with van der Waals surface area (Å²) in [5, 5.41) is 10.1. The van der Waals surface area contributed by atoms with Crippen LogP contribution < -0.4 is 0 Å². The van der Waals surface area contributed by atoms with Crippen LogP contribution in [0.4, 0.5) is 0 Å². The van der Waals surface area contributed by atoms with Crippen LogP contribution in [-0.2, 0) is 4.74 Å². The highest BCUT2D eigenvalue weighted by molar-refractivity contribution is 9.10. The zero-order valence-corrected chi connectivity index (χ0v) is 12.8. The molecule has 1 aliphatic rings. The quantitative estimate of drug-likeness (QED) is 0.812. The molecule has 1 N–H and O–H groups in total. The highest BCUT2D eigenvalue weighted by atomic mass is 79.9. The van der Waals surface area contributed by atoms with Gasteiger partial charge in [0.2, 0.25) is 0 Å². The van der Waals surface area contributed by atoms with Crippen molar-refractivity contribution in [1.29, 1.82) is 0 Å². The number of nitrogens with zero attached hydrogens (tertiary/aromatic N) is 2. The van der Waals surface area contributed by atoms with Crippen molar-refractivity contribution in [2.75, 3.05) is 7.11 Å². The van der Waals surface area contributed by atoms with Gasteiger partial charge in [-0.05, 0) is 47.8 Å². The first kappa shape index (κ1) is 13.6. The molecule has 0 amide bonds. The standard InChI is InChI=1S/C14H15BrN2O3/c1-7-3-4-11(18)13-16-10-6-8(14(19)20-2)5-9(15)12(10)17(7)13/h5-7,11,18H,3-4H2,1-2H3/t7-,11-/m1/s1. The molecule has 0 aliphatic carbocycles. The fourth-order valence-electron chi connectivity index (χ4n) is 2.77. The van der Waals surface area contributed by atoms with Crippen LogP contribution in [0.15, 0.2) is 16.6 Å². The minimum Gasteiger partial charge on any atom is -0.465 e. The summed E-state index contributed by atoms with van der Waals surface area (Å²) in [6.45, 7) is 2.11. The average molecular weight is 339 g/mol. The van der Waals surface area contributed by atoms with Gasteiger partial charge < -0.3 is 14.4 Å². The zero-order chi connectivity index (χ0) is 14.4. The Morgan fingerprint density at radius 3 is 2.95 bits per heavy atom. The van der Waals surface area contributed by atoms with E-state index in [1.165, 1.54) is 7.11 Å². The van der Waals surface area contributed by atoms with E-state index in [4.69, 9.17) is 4.74 Å². The molecule has 2 heterocycles. The van der Waals surface area contributed by atoms with E-state index >= 15 is 0 Å². The highest BCUT2D eigenvalue weighted by Crippen LogP contribution is 2.37. The number of ether oxygens (including phenoxy) is 1. The number of carbonyl (C=O) groups is 1. The molecule has 20 heavy (non-hydrogen) atoms. The molecule has 1 aliphatic heterocycles. The molecule has 0 unspecified atom stereocenters. The van der Waals surface area contributed by atoms with Gasteiger partial charge in [0.05, 0.1) is 23.7 Å². The Kier molecular flexibility index (Phi) is 3.30. The Balaban J connectivity index is 2.27. The van der Waals surface area contributed by atoms with Crippen molar-refractivity contribution in [1.82, 2.24) is 9.55 Å². The summed E-state index contributed by atoms with van der Waals surface area (Å²) in [6.07, 6.45) is 1.07. The topological polar surface area (TPSA) is 64.3 Å². The second kappa shape index (κ2) is 4.86. The van der Waals surface area contributed by atoms with E-state index < -0.39 is 12.1 Å². The predicted octanol–water partition coefficient (Wildman–Crippen LogP) is 2.97. The third kappa shape index (κ3) is 1.94. The van der Waals surface area contributed by atoms with Crippen LogP contribution in [0.25, 0.3) is 11.0 Å². The third-order valence-electron chi connectivity index (χ3n) is 3.78. The van der Waals surface area contributed by atoms with Gasteiger partial charge in [0.1, 0.15) is 11.9 Å². The number of methoxy groups -OCH3 is 1. The lowest BCUT2D eigenvalue weighted by Crippen LogP contribution is -2.19. The second-order valence-corrected chi connectivity index (χ2v) is 5.95. The molecular formula is C14H15BrN2O3. The average Bonchev–Trinajstić information content (AvgIpc) is 2.83. The number of imidazole rings is 1. The molecule has 2 aromatic rings. The Hall–Kier alpha value is -1.40. The maximum atomic E-state index is 11.7. The number of aliphatic hydroxyl groups excluding tert-OH is 1. The number of benzene rings is 1. The van der Waals surface area contributed by atoms with Gasteiger partial charge in [-0.2, -0.15) is 0 Å². The molecule has 2 atom stereocenters. The van der Waals surface area contributed by atoms with Crippen LogP contribution in [0.5, 0.6) is 0 Å². The van der Waals surface area contributed by atoms with Crippen LogP contribution in [0.1, 0.15) is 48.1 Å². The fourth-order valence-corrected chi connectivity index (χ4v) is 3.42. The molecule has 1 aromatic heterocycles. The molecule has 0 saturated carbocycles. The minimum atomic E-state index is -0.549. The van der Waals surface area contributed by atoms with Crippen LogP contribution in [-0.4, -0.2) is 27.7 Å². The van der Waals surface area contributed by atoms with Crippen LogP contribution in [0.3, 0.4) is 0 Å². The molecule has 0 saturated heterocycles. The van der Waals surface area contributed by atoms with Crippen molar-refractivity contribution in [2.24, 2.45) is 0 Å². The van der Waals surface area contributed by atoms with Crippen molar-refractivity contribution in [2.45, 2.75) is 31.9 Å². The Bertz CT molecular complexity index is 695. The summed E-state index contributed by atoms with van der Waals surface area (Å²) in [4.78, 5) is 16.2. The summed E-state index contributed by atoms with van der Waals surface area (Å²) < 4.78 is 7.58. The molecule has 0 fully saturated rings. The first-order chi connectivity index (χ1) is 9.52. The van der Waals surface area contributed by atoms with Crippen molar-refractivity contribution < 1.29 is 14.6 Å². The number of esters is 1. The summed E-state index contributed by atoms with van der Waals surface area (Å²) in [7, 11) is 1.35. The van der Waals surface area contributed by atoms with Crippen molar-refractivity contribution >= 4 is 32.9 Å². The van der Waals surface area contributed by atoms with Crippen LogP contribution >= 0.6 is 15.9 Å². The maximum absolute atomic E-state index is 11.7. The summed E-state index contributed by atoms with van der Waals surface area (Å²) in [5.74, 6) is 0.272. The SMILES string of the molecule is COC(=O)c1cc(Br)c2c(c1)nc1n2[C@H](C)CC[C@H]1O. The molecular weight excluding hydrogens is 324 g/mol. The Morgan fingerprint density at radius 1 is 1.50 bits per heavy atom. The van der Waals surface area contributed by atoms with E-state index in [0.29, 0.717) is 23.3 Å². The van der Waals surface area contributed by atoms with Crippen LogP contribution in [0, 0.1) is 0 Å². The Morgan fingerprint density at radius 2 is 2.25 bits per heavy atom. The van der Waals surface area contributed by atoms with Crippen LogP contribution in [0.2, 0.25) is 0 Å². The molecule has 5 nitrogen and oxygen atoms in total. The first-order valence-corrected chi connectivity index (χ1v) is 7.30. The largest absolute Gasteiger partial charge is 0.465 e. The van der Waals surface area contributed by atoms with E-state index in [0.717, 1.165) is 16.4 Å². The van der Waals surface area contributed by atoms with E-state index in [1.807, 2.05) is 0 Å². The van der Waals surface area contributed by atoms with Gasteiger partial charge in [0.25, 0.3) is 0 Å². The fraction of sp³-hybridized carbons (Fsp3) is 0.429. The predicted molar refractivity (Wildman–Crippen MR) is 77.7 cm³/mol. The lowest BCUT2D eigenvalue weighted by molar-refractivity contribution is 0.0601. The first-order valence-electron chi connectivity index (χ1n) is 6.50. The van der Waals surface area contributed by atoms with Gasteiger partial charge >= 0.3 is 5.97 Å². The molecule has 6 heteroatoms. The molecule has 0 bridgehead atoms. The number of fused-ring (bicyclic) bond motifs is 3. The lowest BCUT2D eigenvalue weighted by Gasteiger charge is -2.26. The normalized spacial score (nSPS) is 21.8. The molecule has 1 aromatic carbocycles. The monoisotopic (exact) mass is 338 g/mol. The molecule has 0 spiro atoms. The van der Waals surface area contributed by atoms with Crippen molar-refractivity contribution in [3.63, 3.8) is 0 Å². The summed E-state index contributed by atoms with van der Waals surface area (Å²) in [6, 6.07) is 3.71. The highest BCUT2D eigenvalue weighted by Gasteiger charge is 2.28. The summed E-state index contributed by atoms with van der Waals surface area (Å²) in [5.41, 5.74) is 2.06. The number of aromatic nitrogens is 2.